The molecule has 2 fully saturated rings. The van der Waals surface area contributed by atoms with Gasteiger partial charge in [-0.1, -0.05) is 24.6 Å². The van der Waals surface area contributed by atoms with Crippen molar-refractivity contribution in [2.75, 3.05) is 75.8 Å². The van der Waals surface area contributed by atoms with E-state index in [4.69, 9.17) is 9.47 Å². The number of para-hydroxylation sites is 2. The predicted molar refractivity (Wildman–Crippen MR) is 160 cm³/mol. The summed E-state index contributed by atoms with van der Waals surface area (Å²) in [6, 6.07) is 15.9. The summed E-state index contributed by atoms with van der Waals surface area (Å²) in [5, 5.41) is 5.86. The number of amides is 2. The Hall–Kier alpha value is -3.30. The standard InChI is InChI=1S/C31H45N5O4/c1-3-39-29-14-5-4-13-28(29)33-31(38)40-23-22-34-18-20-36(21-19-34)27-12-8-11-26(24-27)30(37)32-15-9-17-35-16-7-6-10-25(35)2/h4-5,8,11-14,24-25H,3,6-7,9-10,15-23H2,1-2H3,(H,32,37)(H,33,38). The van der Waals surface area contributed by atoms with Crippen molar-refractivity contribution in [3.05, 3.63) is 54.1 Å². The van der Waals surface area contributed by atoms with Crippen LogP contribution in [0.5, 0.6) is 5.75 Å². The molecule has 2 aliphatic heterocycles. The second-order valence-corrected chi connectivity index (χ2v) is 10.6. The number of nitrogens with zero attached hydrogens (tertiary/aromatic N) is 3. The molecule has 0 saturated carbocycles. The molecule has 1 atom stereocenters. The fourth-order valence-electron chi connectivity index (χ4n) is 5.41. The Morgan fingerprint density at radius 3 is 2.60 bits per heavy atom. The van der Waals surface area contributed by atoms with Gasteiger partial charge < -0.3 is 24.6 Å². The van der Waals surface area contributed by atoms with Crippen molar-refractivity contribution < 1.29 is 19.1 Å². The summed E-state index contributed by atoms with van der Waals surface area (Å²) in [7, 11) is 0. The average Bonchev–Trinajstić information content (AvgIpc) is 2.97. The van der Waals surface area contributed by atoms with Crippen molar-refractivity contribution in [2.45, 2.75) is 45.6 Å². The Balaban J connectivity index is 1.14. The van der Waals surface area contributed by atoms with E-state index in [0.29, 0.717) is 49.3 Å². The Morgan fingerprint density at radius 2 is 1.80 bits per heavy atom. The van der Waals surface area contributed by atoms with Crippen molar-refractivity contribution in [1.29, 1.82) is 0 Å². The molecule has 4 rings (SSSR count). The minimum absolute atomic E-state index is 0.00789. The lowest BCUT2D eigenvalue weighted by Gasteiger charge is -2.36. The molecule has 2 amide bonds. The van der Waals surface area contributed by atoms with E-state index in [2.05, 4.69) is 38.3 Å². The molecule has 0 spiro atoms. The first-order chi connectivity index (χ1) is 19.5. The molecule has 2 saturated heterocycles. The van der Waals surface area contributed by atoms with Crippen LogP contribution >= 0.6 is 0 Å². The second kappa shape index (κ2) is 15.5. The van der Waals surface area contributed by atoms with Crippen LogP contribution in [-0.2, 0) is 4.74 Å². The smallest absolute Gasteiger partial charge is 0.411 e. The first-order valence-electron chi connectivity index (χ1n) is 14.8. The van der Waals surface area contributed by atoms with Gasteiger partial charge in [-0.2, -0.15) is 0 Å². The maximum absolute atomic E-state index is 12.8. The third-order valence-electron chi connectivity index (χ3n) is 7.76. The molecule has 1 unspecified atom stereocenters. The highest BCUT2D eigenvalue weighted by molar-refractivity contribution is 5.95. The van der Waals surface area contributed by atoms with Gasteiger partial charge in [0.2, 0.25) is 0 Å². The van der Waals surface area contributed by atoms with Crippen LogP contribution in [0.2, 0.25) is 0 Å². The fraction of sp³-hybridized carbons (Fsp3) is 0.548. The van der Waals surface area contributed by atoms with Gasteiger partial charge in [-0.3, -0.25) is 15.0 Å². The Morgan fingerprint density at radius 1 is 0.975 bits per heavy atom. The largest absolute Gasteiger partial charge is 0.492 e. The summed E-state index contributed by atoms with van der Waals surface area (Å²) in [6.07, 6.45) is 4.39. The molecule has 0 aromatic heterocycles. The Bertz CT molecular complexity index is 1090. The molecule has 0 bridgehead atoms. The average molecular weight is 552 g/mol. The SMILES string of the molecule is CCOc1ccccc1NC(=O)OCCN1CCN(c2cccc(C(=O)NCCCN3CCCCC3C)c2)CC1. The van der Waals surface area contributed by atoms with Gasteiger partial charge in [0.15, 0.2) is 0 Å². The van der Waals surface area contributed by atoms with Gasteiger partial charge >= 0.3 is 6.09 Å². The number of likely N-dealkylation sites (tertiary alicyclic amines) is 1. The third kappa shape index (κ3) is 8.86. The van der Waals surface area contributed by atoms with Crippen LogP contribution in [0.1, 0.15) is 49.9 Å². The van der Waals surface area contributed by atoms with Gasteiger partial charge in [-0.05, 0) is 70.0 Å². The number of carbonyl (C=O) groups is 2. The van der Waals surface area contributed by atoms with E-state index in [-0.39, 0.29) is 5.91 Å². The summed E-state index contributed by atoms with van der Waals surface area (Å²) in [6.45, 7) is 12.1. The number of nitrogens with one attached hydrogen (secondary N) is 2. The topological polar surface area (TPSA) is 86.4 Å². The van der Waals surface area contributed by atoms with Crippen molar-refractivity contribution in [3.8, 4) is 5.75 Å². The highest BCUT2D eigenvalue weighted by atomic mass is 16.5. The summed E-state index contributed by atoms with van der Waals surface area (Å²) < 4.78 is 11.0. The number of rotatable bonds is 12. The van der Waals surface area contributed by atoms with Gasteiger partial charge in [0.05, 0.1) is 12.3 Å². The molecule has 2 aromatic carbocycles. The van der Waals surface area contributed by atoms with Gasteiger partial charge in [-0.25, -0.2) is 4.79 Å². The highest BCUT2D eigenvalue weighted by Gasteiger charge is 2.20. The maximum atomic E-state index is 12.8. The van der Waals surface area contributed by atoms with Crippen LogP contribution in [0.4, 0.5) is 16.2 Å². The van der Waals surface area contributed by atoms with Gasteiger partial charge in [0, 0.05) is 63.1 Å². The molecule has 40 heavy (non-hydrogen) atoms. The lowest BCUT2D eigenvalue weighted by molar-refractivity contribution is 0.0948. The molecule has 9 nitrogen and oxygen atoms in total. The number of ether oxygens (including phenoxy) is 2. The zero-order valence-corrected chi connectivity index (χ0v) is 24.1. The highest BCUT2D eigenvalue weighted by Crippen LogP contribution is 2.24. The van der Waals surface area contributed by atoms with Crippen LogP contribution in [-0.4, -0.2) is 93.4 Å². The molecule has 2 heterocycles. The molecule has 2 aromatic rings. The summed E-state index contributed by atoms with van der Waals surface area (Å²) in [5.74, 6) is 0.619. The summed E-state index contributed by atoms with van der Waals surface area (Å²) >= 11 is 0. The molecule has 0 aliphatic carbocycles. The number of anilines is 2. The van der Waals surface area contributed by atoms with E-state index in [1.54, 1.807) is 6.07 Å². The van der Waals surface area contributed by atoms with Crippen molar-refractivity contribution in [3.63, 3.8) is 0 Å². The minimum Gasteiger partial charge on any atom is -0.492 e. The number of piperazine rings is 1. The quantitative estimate of drug-likeness (QED) is 0.377. The van der Waals surface area contributed by atoms with E-state index < -0.39 is 6.09 Å². The molecule has 2 aliphatic rings. The monoisotopic (exact) mass is 551 g/mol. The van der Waals surface area contributed by atoms with E-state index >= 15 is 0 Å². The lowest BCUT2D eigenvalue weighted by Crippen LogP contribution is -2.47. The Labute approximate surface area is 238 Å². The van der Waals surface area contributed by atoms with Crippen molar-refractivity contribution in [2.24, 2.45) is 0 Å². The van der Waals surface area contributed by atoms with Crippen LogP contribution in [0.15, 0.2) is 48.5 Å². The number of benzene rings is 2. The molecule has 2 N–H and O–H groups in total. The minimum atomic E-state index is -0.484. The second-order valence-electron chi connectivity index (χ2n) is 10.6. The van der Waals surface area contributed by atoms with Crippen molar-refractivity contribution >= 4 is 23.4 Å². The number of hydrogen-bond donors (Lipinski definition) is 2. The lowest BCUT2D eigenvalue weighted by atomic mass is 10.0. The Kier molecular flexibility index (Phi) is 11.5. The summed E-state index contributed by atoms with van der Waals surface area (Å²) in [4.78, 5) is 32.2. The summed E-state index contributed by atoms with van der Waals surface area (Å²) in [5.41, 5.74) is 2.38. The van der Waals surface area contributed by atoms with Crippen molar-refractivity contribution in [1.82, 2.24) is 15.1 Å². The van der Waals surface area contributed by atoms with Crippen LogP contribution < -0.4 is 20.3 Å². The van der Waals surface area contributed by atoms with Gasteiger partial charge in [0.25, 0.3) is 5.91 Å². The molecule has 218 valence electrons. The molecular formula is C31H45N5O4. The molecular weight excluding hydrogens is 506 g/mol. The zero-order chi connectivity index (χ0) is 28.2. The van der Waals surface area contributed by atoms with Crippen LogP contribution in [0.3, 0.4) is 0 Å². The third-order valence-corrected chi connectivity index (χ3v) is 7.76. The zero-order valence-electron chi connectivity index (χ0n) is 24.1. The predicted octanol–water partition coefficient (Wildman–Crippen LogP) is 4.45. The normalized spacial score (nSPS) is 18.2. The number of piperidine rings is 1. The van der Waals surface area contributed by atoms with Crippen LogP contribution in [0, 0.1) is 0 Å². The first kappa shape index (κ1) is 29.7. The molecule has 0 radical (unpaired) electrons. The fourth-order valence-corrected chi connectivity index (χ4v) is 5.41. The van der Waals surface area contributed by atoms with E-state index in [9.17, 15) is 9.59 Å². The maximum Gasteiger partial charge on any atom is 0.411 e. The van der Waals surface area contributed by atoms with E-state index in [1.807, 2.05) is 43.3 Å². The van der Waals surface area contributed by atoms with Gasteiger partial charge in [-0.15, -0.1) is 0 Å². The van der Waals surface area contributed by atoms with E-state index in [0.717, 1.165) is 44.8 Å². The first-order valence-corrected chi connectivity index (χ1v) is 14.8. The van der Waals surface area contributed by atoms with E-state index in [1.165, 1.54) is 25.8 Å². The van der Waals surface area contributed by atoms with Crippen LogP contribution in [0.25, 0.3) is 0 Å². The molecule has 9 heteroatoms. The number of hydrogen-bond acceptors (Lipinski definition) is 7. The number of carbonyl (C=O) groups excluding carboxylic acids is 2. The van der Waals surface area contributed by atoms with Gasteiger partial charge in [0.1, 0.15) is 12.4 Å².